The molecule has 0 saturated carbocycles. The summed E-state index contributed by atoms with van der Waals surface area (Å²) in [4.78, 5) is 2.48. The van der Waals surface area contributed by atoms with Crippen LogP contribution in [0.15, 0.2) is 24.3 Å². The van der Waals surface area contributed by atoms with Gasteiger partial charge in [0.2, 0.25) is 0 Å². The minimum absolute atomic E-state index is 0.377. The van der Waals surface area contributed by atoms with Gasteiger partial charge in [-0.15, -0.1) is 0 Å². The van der Waals surface area contributed by atoms with Crippen LogP contribution in [-0.4, -0.2) is 30.6 Å². The molecule has 17 heavy (non-hydrogen) atoms. The summed E-state index contributed by atoms with van der Waals surface area (Å²) < 4.78 is 0. The average Bonchev–Trinajstić information content (AvgIpc) is 2.82. The molecule has 3 heteroatoms. The number of nitrogens with one attached hydrogen (secondary N) is 1. The van der Waals surface area contributed by atoms with E-state index in [-0.39, 0.29) is 0 Å². The van der Waals surface area contributed by atoms with Crippen molar-refractivity contribution in [3.8, 4) is 6.07 Å². The molecular weight excluding hydrogens is 210 g/mol. The van der Waals surface area contributed by atoms with Gasteiger partial charge in [0.05, 0.1) is 11.3 Å². The van der Waals surface area contributed by atoms with Gasteiger partial charge in [0.25, 0.3) is 0 Å². The van der Waals surface area contributed by atoms with Crippen molar-refractivity contribution < 1.29 is 0 Å². The van der Waals surface area contributed by atoms with Crippen LogP contribution in [0.5, 0.6) is 0 Å². The minimum atomic E-state index is 0.377. The van der Waals surface area contributed by atoms with Gasteiger partial charge in [-0.2, -0.15) is 5.26 Å². The van der Waals surface area contributed by atoms with Crippen LogP contribution >= 0.6 is 0 Å². The maximum absolute atomic E-state index is 9.02. The highest BCUT2D eigenvalue weighted by atomic mass is 15.2. The summed E-state index contributed by atoms with van der Waals surface area (Å²) in [6, 6.07) is 10.3. The third-order valence-electron chi connectivity index (χ3n) is 3.18. The monoisotopic (exact) mass is 229 g/mol. The number of nitrogens with zero attached hydrogens (tertiary/aromatic N) is 2. The van der Waals surface area contributed by atoms with Gasteiger partial charge in [-0.1, -0.05) is 12.1 Å². The third kappa shape index (κ3) is 3.21. The molecule has 0 aromatic heterocycles. The molecule has 1 saturated heterocycles. The molecule has 1 aromatic rings. The molecule has 0 bridgehead atoms. The van der Waals surface area contributed by atoms with Gasteiger partial charge in [0.15, 0.2) is 0 Å². The number of anilines is 1. The summed E-state index contributed by atoms with van der Waals surface area (Å²) in [5.41, 5.74) is 1.67. The maximum Gasteiger partial charge on any atom is 0.101 e. The van der Waals surface area contributed by atoms with Crippen LogP contribution in [0.4, 0.5) is 5.69 Å². The van der Waals surface area contributed by atoms with Gasteiger partial charge in [-0.25, -0.2) is 0 Å². The Hall–Kier alpha value is -1.53. The first kappa shape index (κ1) is 11.9. The minimum Gasteiger partial charge on any atom is -0.380 e. The summed E-state index contributed by atoms with van der Waals surface area (Å²) >= 11 is 0. The smallest absolute Gasteiger partial charge is 0.101 e. The average molecular weight is 229 g/mol. The predicted molar refractivity (Wildman–Crippen MR) is 69.9 cm³/mol. The first-order valence-corrected chi connectivity index (χ1v) is 6.27. The topological polar surface area (TPSA) is 39.1 Å². The van der Waals surface area contributed by atoms with Crippen LogP contribution in [0, 0.1) is 11.3 Å². The Morgan fingerprint density at radius 3 is 2.76 bits per heavy atom. The first-order chi connectivity index (χ1) is 8.29. The Bertz CT molecular complexity index is 402. The zero-order chi connectivity index (χ0) is 12.1. The fourth-order valence-electron chi connectivity index (χ4n) is 2.37. The number of rotatable bonds is 4. The van der Waals surface area contributed by atoms with E-state index < -0.39 is 0 Å². The lowest BCUT2D eigenvalue weighted by atomic mass is 10.2. The van der Waals surface area contributed by atoms with Gasteiger partial charge in [0.1, 0.15) is 6.07 Å². The Balaban J connectivity index is 1.93. The van der Waals surface area contributed by atoms with E-state index in [1.807, 2.05) is 24.3 Å². The molecule has 1 fully saturated rings. The Labute approximate surface area is 103 Å². The molecule has 0 amide bonds. The van der Waals surface area contributed by atoms with Crippen molar-refractivity contribution in [3.05, 3.63) is 29.8 Å². The molecule has 0 radical (unpaired) electrons. The van der Waals surface area contributed by atoms with Crippen molar-refractivity contribution >= 4 is 5.69 Å². The molecule has 1 atom stereocenters. The summed E-state index contributed by atoms with van der Waals surface area (Å²) in [5.74, 6) is 0. The molecule has 0 spiro atoms. The molecular formula is C14H19N3. The Kier molecular flexibility index (Phi) is 4.00. The Morgan fingerprint density at radius 2 is 2.06 bits per heavy atom. The molecule has 1 aromatic carbocycles. The predicted octanol–water partition coefficient (Wildman–Crippen LogP) is 2.45. The summed E-state index contributed by atoms with van der Waals surface area (Å²) in [5, 5.41) is 12.4. The van der Waals surface area contributed by atoms with Gasteiger partial charge in [-0.3, -0.25) is 0 Å². The first-order valence-electron chi connectivity index (χ1n) is 6.27. The lowest BCUT2D eigenvalue weighted by Crippen LogP contribution is -2.33. The second-order valence-electron chi connectivity index (χ2n) is 4.71. The van der Waals surface area contributed by atoms with E-state index in [0.29, 0.717) is 6.04 Å². The van der Waals surface area contributed by atoms with E-state index in [2.05, 4.69) is 23.2 Å². The van der Waals surface area contributed by atoms with Crippen LogP contribution in [0.1, 0.15) is 25.3 Å². The summed E-state index contributed by atoms with van der Waals surface area (Å²) in [6.45, 7) is 5.66. The standard InChI is InChI=1S/C14H19N3/c1-12(11-17-8-4-5-9-17)16-14-7-3-2-6-13(14)10-15/h2-3,6-7,12,16H,4-5,8-9,11H2,1H3. The summed E-state index contributed by atoms with van der Waals surface area (Å²) in [6.07, 6.45) is 2.64. The molecule has 1 unspecified atom stereocenters. The fraction of sp³-hybridized carbons (Fsp3) is 0.500. The number of benzene rings is 1. The van der Waals surface area contributed by atoms with Crippen molar-refractivity contribution in [2.24, 2.45) is 0 Å². The zero-order valence-electron chi connectivity index (χ0n) is 10.3. The molecule has 3 nitrogen and oxygen atoms in total. The van der Waals surface area contributed by atoms with Crippen LogP contribution in [0.3, 0.4) is 0 Å². The van der Waals surface area contributed by atoms with E-state index in [9.17, 15) is 0 Å². The van der Waals surface area contributed by atoms with Crippen LogP contribution in [0.2, 0.25) is 0 Å². The number of hydrogen-bond acceptors (Lipinski definition) is 3. The summed E-state index contributed by atoms with van der Waals surface area (Å²) in [7, 11) is 0. The van der Waals surface area contributed by atoms with Gasteiger partial charge in [-0.05, 0) is 45.0 Å². The van der Waals surface area contributed by atoms with E-state index in [1.54, 1.807) is 0 Å². The van der Waals surface area contributed by atoms with Crippen molar-refractivity contribution in [1.82, 2.24) is 4.90 Å². The maximum atomic E-state index is 9.02. The van der Waals surface area contributed by atoms with Crippen LogP contribution < -0.4 is 5.32 Å². The number of para-hydroxylation sites is 1. The third-order valence-corrected chi connectivity index (χ3v) is 3.18. The second kappa shape index (κ2) is 5.70. The lowest BCUT2D eigenvalue weighted by molar-refractivity contribution is 0.328. The number of likely N-dealkylation sites (tertiary alicyclic amines) is 1. The fourth-order valence-corrected chi connectivity index (χ4v) is 2.37. The molecule has 1 heterocycles. The molecule has 1 aliphatic rings. The second-order valence-corrected chi connectivity index (χ2v) is 4.71. The van der Waals surface area contributed by atoms with E-state index in [0.717, 1.165) is 17.8 Å². The highest BCUT2D eigenvalue weighted by molar-refractivity contribution is 5.57. The van der Waals surface area contributed by atoms with Crippen molar-refractivity contribution in [1.29, 1.82) is 5.26 Å². The van der Waals surface area contributed by atoms with E-state index in [4.69, 9.17) is 5.26 Å². The highest BCUT2D eigenvalue weighted by Crippen LogP contribution is 2.16. The Morgan fingerprint density at radius 1 is 1.35 bits per heavy atom. The van der Waals surface area contributed by atoms with Crippen molar-refractivity contribution in [2.75, 3.05) is 25.0 Å². The normalized spacial score (nSPS) is 17.6. The molecule has 90 valence electrons. The van der Waals surface area contributed by atoms with E-state index in [1.165, 1.54) is 25.9 Å². The SMILES string of the molecule is CC(CN1CCCC1)Nc1ccccc1C#N. The molecule has 1 aliphatic heterocycles. The van der Waals surface area contributed by atoms with Crippen LogP contribution in [-0.2, 0) is 0 Å². The number of nitriles is 1. The highest BCUT2D eigenvalue weighted by Gasteiger charge is 2.14. The van der Waals surface area contributed by atoms with E-state index >= 15 is 0 Å². The quantitative estimate of drug-likeness (QED) is 0.862. The molecule has 0 aliphatic carbocycles. The van der Waals surface area contributed by atoms with Crippen LogP contribution in [0.25, 0.3) is 0 Å². The van der Waals surface area contributed by atoms with Crippen molar-refractivity contribution in [2.45, 2.75) is 25.8 Å². The van der Waals surface area contributed by atoms with Gasteiger partial charge in [0, 0.05) is 12.6 Å². The lowest BCUT2D eigenvalue weighted by Gasteiger charge is -2.22. The molecule has 1 N–H and O–H groups in total. The zero-order valence-corrected chi connectivity index (χ0v) is 10.3. The van der Waals surface area contributed by atoms with Gasteiger partial charge < -0.3 is 10.2 Å². The molecule has 2 rings (SSSR count). The largest absolute Gasteiger partial charge is 0.380 e. The van der Waals surface area contributed by atoms with Gasteiger partial charge >= 0.3 is 0 Å². The van der Waals surface area contributed by atoms with Crippen molar-refractivity contribution in [3.63, 3.8) is 0 Å². The number of hydrogen-bond donors (Lipinski definition) is 1.